The van der Waals surface area contributed by atoms with Gasteiger partial charge in [-0.15, -0.1) is 0 Å². The number of hydrogen-bond acceptors (Lipinski definition) is 6. The molecule has 0 unspecified atom stereocenters. The topological polar surface area (TPSA) is 94.6 Å². The van der Waals surface area contributed by atoms with Crippen LogP contribution in [0, 0.1) is 3.57 Å². The van der Waals surface area contributed by atoms with E-state index in [2.05, 4.69) is 183 Å². The Kier molecular flexibility index (Phi) is 18.1. The predicted octanol–water partition coefficient (Wildman–Crippen LogP) is 12.4. The first-order valence-corrected chi connectivity index (χ1v) is 29.3. The molecule has 0 atom stereocenters. The fourth-order valence-electron chi connectivity index (χ4n) is 6.16. The Bertz CT molecular complexity index is 2460. The van der Waals surface area contributed by atoms with Crippen molar-refractivity contribution >= 4 is 92.0 Å². The lowest BCUT2D eigenvalue weighted by Gasteiger charge is -2.15. The second-order valence-electron chi connectivity index (χ2n) is 17.3. The van der Waals surface area contributed by atoms with E-state index >= 15 is 0 Å². The quantitative estimate of drug-likeness (QED) is 0.0604. The van der Waals surface area contributed by atoms with Crippen LogP contribution < -0.4 is 0 Å². The Hall–Kier alpha value is -4.41. The summed E-state index contributed by atoms with van der Waals surface area (Å²) < 4.78 is 17.1. The number of fused-ring (bicyclic) bond motifs is 2. The second kappa shape index (κ2) is 23.2. The van der Waals surface area contributed by atoms with Gasteiger partial charge in [0.25, 0.3) is 0 Å². The van der Waals surface area contributed by atoms with Crippen molar-refractivity contribution in [1.82, 2.24) is 19.6 Å². The van der Waals surface area contributed by atoms with Gasteiger partial charge in [-0.3, -0.25) is 0 Å². The lowest BCUT2D eigenvalue weighted by Crippen LogP contribution is -2.22. The molecular formula is C49H60BIN4O4Si2. The highest BCUT2D eigenvalue weighted by Gasteiger charge is 2.15. The first kappa shape index (κ1) is 47.6. The normalized spacial score (nSPS) is 11.8. The van der Waals surface area contributed by atoms with E-state index in [0.29, 0.717) is 13.5 Å². The van der Waals surface area contributed by atoms with Gasteiger partial charge in [0, 0.05) is 43.7 Å². The van der Waals surface area contributed by atoms with Crippen molar-refractivity contribution in [2.75, 3.05) is 13.2 Å². The monoisotopic (exact) mass is 962 g/mol. The molecule has 0 radical (unpaired) electrons. The summed E-state index contributed by atoms with van der Waals surface area (Å²) in [7, 11) is -3.35. The summed E-state index contributed by atoms with van der Waals surface area (Å²) in [6, 6.07) is 46.5. The van der Waals surface area contributed by atoms with Gasteiger partial charge in [-0.2, -0.15) is 10.2 Å². The van der Waals surface area contributed by atoms with Crippen LogP contribution in [0.3, 0.4) is 0 Å². The molecule has 0 saturated carbocycles. The van der Waals surface area contributed by atoms with E-state index in [0.717, 1.165) is 58.0 Å². The van der Waals surface area contributed by atoms with E-state index in [-0.39, 0.29) is 0 Å². The van der Waals surface area contributed by atoms with Gasteiger partial charge in [-0.1, -0.05) is 148 Å². The molecule has 8 nitrogen and oxygen atoms in total. The summed E-state index contributed by atoms with van der Waals surface area (Å²) in [5.41, 5.74) is 8.90. The molecule has 2 aromatic heterocycles. The minimum atomic E-state index is -1.17. The van der Waals surface area contributed by atoms with Crippen molar-refractivity contribution in [3.63, 3.8) is 0 Å². The van der Waals surface area contributed by atoms with E-state index < -0.39 is 23.3 Å². The molecule has 0 spiro atoms. The molecule has 7 rings (SSSR count). The molecule has 5 aromatic carbocycles. The van der Waals surface area contributed by atoms with Gasteiger partial charge in [0.05, 0.1) is 22.4 Å². The highest BCUT2D eigenvalue weighted by Crippen LogP contribution is 2.28. The first-order chi connectivity index (χ1) is 29.1. The zero-order chi connectivity index (χ0) is 43.8. The third-order valence-corrected chi connectivity index (χ3v) is 13.6. The maximum atomic E-state index is 7.61. The fourth-order valence-corrected chi connectivity index (χ4v) is 8.15. The van der Waals surface area contributed by atoms with Crippen LogP contribution in [-0.4, -0.2) is 66.1 Å². The average Bonchev–Trinajstić information content (AvgIpc) is 3.76. The highest BCUT2D eigenvalue weighted by molar-refractivity contribution is 14.1. The van der Waals surface area contributed by atoms with Crippen molar-refractivity contribution in [1.29, 1.82) is 0 Å². The molecule has 61 heavy (non-hydrogen) atoms. The molecule has 0 saturated heterocycles. The molecule has 0 aliphatic heterocycles. The molecule has 7 aromatic rings. The minimum absolute atomic E-state index is 0.471. The Morgan fingerprint density at radius 3 is 1.41 bits per heavy atom. The van der Waals surface area contributed by atoms with E-state index in [9.17, 15) is 0 Å². The molecule has 318 valence electrons. The van der Waals surface area contributed by atoms with Crippen molar-refractivity contribution < 1.29 is 19.5 Å². The van der Waals surface area contributed by atoms with Crippen LogP contribution in [0.4, 0.5) is 0 Å². The van der Waals surface area contributed by atoms with Gasteiger partial charge in [0.15, 0.2) is 0 Å². The predicted molar refractivity (Wildman–Crippen MR) is 273 cm³/mol. The largest absolute Gasteiger partial charge is 0.448 e. The number of ether oxygens (including phenoxy) is 2. The zero-order valence-corrected chi connectivity index (χ0v) is 40.8. The van der Waals surface area contributed by atoms with Crippen molar-refractivity contribution in [2.45, 2.75) is 71.7 Å². The van der Waals surface area contributed by atoms with Crippen molar-refractivity contribution in [2.24, 2.45) is 0 Å². The number of benzene rings is 5. The van der Waals surface area contributed by atoms with Gasteiger partial charge in [-0.05, 0) is 106 Å². The molecule has 0 aliphatic carbocycles. The summed E-state index contributed by atoms with van der Waals surface area (Å²) in [4.78, 5) is 0. The molecule has 2 heterocycles. The van der Waals surface area contributed by atoms with E-state index in [1.54, 1.807) is 0 Å². The highest BCUT2D eigenvalue weighted by atomic mass is 127. The Morgan fingerprint density at radius 1 is 0.557 bits per heavy atom. The van der Waals surface area contributed by atoms with Crippen molar-refractivity contribution in [3.8, 4) is 11.1 Å². The number of nitrogens with zero attached hydrogens (tertiary/aromatic N) is 4. The fraction of sp³-hybridized carbons (Fsp3) is 0.265. The SMILES string of the molecule is CB(O)O.C[Si](C)(C)CCOCn1nc(/C=C/c2ccccc2)c2ccc(-c3ccccc3)cc21.C[Si](C)(C)CCOCn1nc(/C=C/c2ccccc2)c2ccc(I)cc21. The Labute approximate surface area is 378 Å². The van der Waals surface area contributed by atoms with Crippen LogP contribution in [0.1, 0.15) is 22.5 Å². The third-order valence-electron chi connectivity index (χ3n) is 9.52. The summed E-state index contributed by atoms with van der Waals surface area (Å²) in [6.45, 7) is 18.1. The van der Waals surface area contributed by atoms with Crippen LogP contribution in [0.2, 0.25) is 58.2 Å². The van der Waals surface area contributed by atoms with Gasteiger partial charge >= 0.3 is 7.12 Å². The van der Waals surface area contributed by atoms with Crippen LogP contribution >= 0.6 is 22.6 Å². The van der Waals surface area contributed by atoms with E-state index in [1.807, 2.05) is 39.7 Å². The third kappa shape index (κ3) is 16.1. The molecule has 2 N–H and O–H groups in total. The van der Waals surface area contributed by atoms with Gasteiger partial charge in [0.1, 0.15) is 13.5 Å². The second-order valence-corrected chi connectivity index (χ2v) is 29.8. The summed E-state index contributed by atoms with van der Waals surface area (Å²) in [5.74, 6) is 0. The van der Waals surface area contributed by atoms with Crippen molar-refractivity contribution in [3.05, 3.63) is 153 Å². The van der Waals surface area contributed by atoms with E-state index in [1.165, 1.54) is 33.1 Å². The maximum Gasteiger partial charge on any atom is 0.448 e. The lowest BCUT2D eigenvalue weighted by atomic mass is 9.99. The van der Waals surface area contributed by atoms with Crippen LogP contribution in [0.5, 0.6) is 0 Å². The Morgan fingerprint density at radius 2 is 0.967 bits per heavy atom. The molecule has 0 aliphatic rings. The molecular weight excluding hydrogens is 902 g/mol. The van der Waals surface area contributed by atoms with Crippen LogP contribution in [0.15, 0.2) is 127 Å². The smallest absolute Gasteiger partial charge is 0.427 e. The van der Waals surface area contributed by atoms with Crippen LogP contribution in [0.25, 0.3) is 57.2 Å². The first-order valence-electron chi connectivity index (χ1n) is 20.9. The standard InChI is InChI=1S/C27H30N2OSi.C21H25IN2OSi.CH5BO2/c1-31(2,3)19-18-30-21-29-27-20-24(23-12-8-5-9-13-23)15-16-25(27)26(28-29)17-14-22-10-6-4-7-11-22;1-26(2,3)14-13-25-16-24-21-15-18(22)10-11-19(21)20(23-24)12-9-17-7-5-4-6-8-17;1-2(3)4/h4-17,20H,18-19,21H2,1-3H3;4-12,15H,13-14,16H2,1-3H3;3-4H,1H3/b17-14+;12-9+;. The number of rotatable bonds is 15. The van der Waals surface area contributed by atoms with Gasteiger partial charge < -0.3 is 19.5 Å². The lowest BCUT2D eigenvalue weighted by molar-refractivity contribution is 0.0815. The molecule has 0 fully saturated rings. The summed E-state index contributed by atoms with van der Waals surface area (Å²) in [6.07, 6.45) is 8.40. The minimum Gasteiger partial charge on any atom is -0.427 e. The molecule has 12 heteroatoms. The summed E-state index contributed by atoms with van der Waals surface area (Å²) in [5, 5.41) is 27.2. The van der Waals surface area contributed by atoms with E-state index in [4.69, 9.17) is 29.7 Å². The molecule has 0 amide bonds. The van der Waals surface area contributed by atoms with Gasteiger partial charge in [-0.25, -0.2) is 9.36 Å². The molecule has 0 bridgehead atoms. The summed E-state index contributed by atoms with van der Waals surface area (Å²) >= 11 is 2.35. The number of halogens is 1. The van der Waals surface area contributed by atoms with Crippen LogP contribution in [-0.2, 0) is 22.9 Å². The van der Waals surface area contributed by atoms with Gasteiger partial charge in [0.2, 0.25) is 0 Å². The Balaban J connectivity index is 0.000000215. The number of hydrogen-bond donors (Lipinski definition) is 2. The number of aromatic nitrogens is 4. The zero-order valence-electron chi connectivity index (χ0n) is 36.6. The maximum absolute atomic E-state index is 7.61. The average molecular weight is 963 g/mol.